The number of unbranched alkanes of at least 4 members (excludes halogenated alkanes) is 1. The van der Waals surface area contributed by atoms with E-state index in [9.17, 15) is 4.79 Å². The van der Waals surface area contributed by atoms with Crippen LogP contribution in [0.2, 0.25) is 0 Å². The predicted molar refractivity (Wildman–Crippen MR) is 91.8 cm³/mol. The van der Waals surface area contributed by atoms with Crippen LogP contribution in [0.5, 0.6) is 5.75 Å². The van der Waals surface area contributed by atoms with Gasteiger partial charge in [-0.1, -0.05) is 31.0 Å². The molecule has 3 nitrogen and oxygen atoms in total. The van der Waals surface area contributed by atoms with E-state index in [2.05, 4.69) is 25.2 Å². The van der Waals surface area contributed by atoms with Gasteiger partial charge in [0.15, 0.2) is 0 Å². The third-order valence-electron chi connectivity index (χ3n) is 3.42. The first-order valence-corrected chi connectivity index (χ1v) is 8.53. The third kappa shape index (κ3) is 4.60. The molecule has 0 bridgehead atoms. The van der Waals surface area contributed by atoms with E-state index in [-0.39, 0.29) is 5.91 Å². The summed E-state index contributed by atoms with van der Waals surface area (Å²) in [5.41, 5.74) is 3.39. The largest absolute Gasteiger partial charge is 0.489 e. The molecule has 0 unspecified atom stereocenters. The maximum Gasteiger partial charge on any atom is 0.261 e. The van der Waals surface area contributed by atoms with Crippen LogP contribution >= 0.6 is 11.3 Å². The maximum atomic E-state index is 12.0. The Labute approximate surface area is 136 Å². The molecule has 1 N–H and O–H groups in total. The fraction of sp³-hybridized carbons (Fsp3) is 0.389. The van der Waals surface area contributed by atoms with Gasteiger partial charge < -0.3 is 10.1 Å². The van der Waals surface area contributed by atoms with Gasteiger partial charge in [0, 0.05) is 12.1 Å². The lowest BCUT2D eigenvalue weighted by molar-refractivity contribution is 0.0957. The molecule has 4 heteroatoms. The summed E-state index contributed by atoms with van der Waals surface area (Å²) in [4.78, 5) is 12.7. The Hall–Kier alpha value is -1.81. The summed E-state index contributed by atoms with van der Waals surface area (Å²) in [6, 6.07) is 8.06. The summed E-state index contributed by atoms with van der Waals surface area (Å²) in [5.74, 6) is 0.905. The van der Waals surface area contributed by atoms with Crippen molar-refractivity contribution < 1.29 is 9.53 Å². The van der Waals surface area contributed by atoms with Crippen molar-refractivity contribution in [3.63, 3.8) is 0 Å². The minimum absolute atomic E-state index is 0.0104. The number of ether oxygens (including phenoxy) is 1. The van der Waals surface area contributed by atoms with Gasteiger partial charge in [-0.2, -0.15) is 0 Å². The minimum atomic E-state index is 0.0104. The molecule has 0 fully saturated rings. The Kier molecular flexibility index (Phi) is 6.01. The third-order valence-corrected chi connectivity index (χ3v) is 4.40. The maximum absolute atomic E-state index is 12.0. The van der Waals surface area contributed by atoms with E-state index < -0.39 is 0 Å². The lowest BCUT2D eigenvalue weighted by atomic mass is 10.1. The lowest BCUT2D eigenvalue weighted by Gasteiger charge is -2.08. The van der Waals surface area contributed by atoms with Gasteiger partial charge in [-0.15, -0.1) is 11.3 Å². The number of hydrogen-bond acceptors (Lipinski definition) is 3. The molecule has 118 valence electrons. The summed E-state index contributed by atoms with van der Waals surface area (Å²) in [7, 11) is 0. The van der Waals surface area contributed by atoms with Crippen molar-refractivity contribution >= 4 is 17.2 Å². The van der Waals surface area contributed by atoms with Gasteiger partial charge in [-0.3, -0.25) is 4.79 Å². The standard InChI is InChI=1S/C18H23NO2S/c1-4-5-8-19-18(20)17-10-15(12-22-17)11-21-16-7-6-13(2)9-14(16)3/h6-7,9-10,12H,4-5,8,11H2,1-3H3,(H,19,20). The van der Waals surface area contributed by atoms with Gasteiger partial charge in [-0.25, -0.2) is 0 Å². The molecule has 1 amide bonds. The van der Waals surface area contributed by atoms with E-state index in [0.717, 1.165) is 41.1 Å². The van der Waals surface area contributed by atoms with E-state index >= 15 is 0 Å². The van der Waals surface area contributed by atoms with Crippen LogP contribution in [-0.4, -0.2) is 12.5 Å². The van der Waals surface area contributed by atoms with E-state index in [1.54, 1.807) is 0 Å². The van der Waals surface area contributed by atoms with Gasteiger partial charge in [-0.05, 0) is 43.3 Å². The molecular weight excluding hydrogens is 294 g/mol. The van der Waals surface area contributed by atoms with Crippen LogP contribution < -0.4 is 10.1 Å². The normalized spacial score (nSPS) is 10.5. The first-order chi connectivity index (χ1) is 10.6. The first kappa shape index (κ1) is 16.6. The average Bonchev–Trinajstić information content (AvgIpc) is 2.95. The summed E-state index contributed by atoms with van der Waals surface area (Å²) in [5, 5.41) is 4.92. The molecule has 1 aromatic carbocycles. The molecule has 0 atom stereocenters. The van der Waals surface area contributed by atoms with Crippen LogP contribution in [0.15, 0.2) is 29.6 Å². The number of aryl methyl sites for hydroxylation is 2. The number of hydrogen-bond donors (Lipinski definition) is 1. The molecule has 2 aromatic rings. The molecule has 1 heterocycles. The monoisotopic (exact) mass is 317 g/mol. The second-order valence-electron chi connectivity index (χ2n) is 5.49. The summed E-state index contributed by atoms with van der Waals surface area (Å²) in [6.45, 7) is 7.45. The minimum Gasteiger partial charge on any atom is -0.489 e. The van der Waals surface area contributed by atoms with E-state index in [4.69, 9.17) is 4.74 Å². The van der Waals surface area contributed by atoms with Crippen LogP contribution in [0.3, 0.4) is 0 Å². The summed E-state index contributed by atoms with van der Waals surface area (Å²) >= 11 is 1.47. The van der Waals surface area contributed by atoms with E-state index in [0.29, 0.717) is 6.61 Å². The van der Waals surface area contributed by atoms with Crippen molar-refractivity contribution in [1.29, 1.82) is 0 Å². The first-order valence-electron chi connectivity index (χ1n) is 7.66. The fourth-order valence-corrected chi connectivity index (χ4v) is 2.97. The average molecular weight is 317 g/mol. The van der Waals surface area contributed by atoms with Crippen molar-refractivity contribution in [2.75, 3.05) is 6.54 Å². The highest BCUT2D eigenvalue weighted by Gasteiger charge is 2.09. The van der Waals surface area contributed by atoms with Gasteiger partial charge in [0.25, 0.3) is 5.91 Å². The van der Waals surface area contributed by atoms with Crippen LogP contribution in [0.25, 0.3) is 0 Å². The van der Waals surface area contributed by atoms with Crippen molar-refractivity contribution in [2.45, 2.75) is 40.2 Å². The van der Waals surface area contributed by atoms with E-state index in [1.165, 1.54) is 16.9 Å². The van der Waals surface area contributed by atoms with Crippen LogP contribution in [0, 0.1) is 13.8 Å². The van der Waals surface area contributed by atoms with E-state index in [1.807, 2.05) is 30.5 Å². The highest BCUT2D eigenvalue weighted by molar-refractivity contribution is 7.12. The molecule has 0 radical (unpaired) electrons. The smallest absolute Gasteiger partial charge is 0.261 e. The molecule has 0 saturated carbocycles. The molecule has 0 spiro atoms. The molecule has 22 heavy (non-hydrogen) atoms. The van der Waals surface area contributed by atoms with Crippen molar-refractivity contribution in [2.24, 2.45) is 0 Å². The topological polar surface area (TPSA) is 38.3 Å². The second kappa shape index (κ2) is 7.99. The molecule has 1 aromatic heterocycles. The van der Waals surface area contributed by atoms with Crippen LogP contribution in [0.4, 0.5) is 0 Å². The molecular formula is C18H23NO2S. The molecule has 0 aliphatic rings. The Morgan fingerprint density at radius 2 is 2.09 bits per heavy atom. The van der Waals surface area contributed by atoms with Gasteiger partial charge in [0.1, 0.15) is 12.4 Å². The van der Waals surface area contributed by atoms with Gasteiger partial charge in [0.05, 0.1) is 4.88 Å². The summed E-state index contributed by atoms with van der Waals surface area (Å²) < 4.78 is 5.84. The zero-order chi connectivity index (χ0) is 15.9. The van der Waals surface area contributed by atoms with Gasteiger partial charge in [0.2, 0.25) is 0 Å². The number of rotatable bonds is 7. The molecule has 0 aliphatic carbocycles. The van der Waals surface area contributed by atoms with Crippen molar-refractivity contribution in [3.8, 4) is 5.75 Å². The highest BCUT2D eigenvalue weighted by Crippen LogP contribution is 2.21. The SMILES string of the molecule is CCCCNC(=O)c1cc(COc2ccc(C)cc2C)cs1. The number of nitrogens with one attached hydrogen (secondary N) is 1. The van der Waals surface area contributed by atoms with Crippen LogP contribution in [0.1, 0.15) is 46.1 Å². The summed E-state index contributed by atoms with van der Waals surface area (Å²) in [6.07, 6.45) is 2.10. The number of benzene rings is 1. The Morgan fingerprint density at radius 1 is 1.27 bits per heavy atom. The second-order valence-corrected chi connectivity index (χ2v) is 6.40. The Balaban J connectivity index is 1.90. The number of carbonyl (C=O) groups is 1. The molecule has 2 rings (SSSR count). The quantitative estimate of drug-likeness (QED) is 0.765. The van der Waals surface area contributed by atoms with Gasteiger partial charge >= 0.3 is 0 Å². The zero-order valence-electron chi connectivity index (χ0n) is 13.4. The zero-order valence-corrected chi connectivity index (χ0v) is 14.3. The molecule has 0 saturated heterocycles. The Bertz CT molecular complexity index is 634. The predicted octanol–water partition coefficient (Wildman–Crippen LogP) is 4.47. The molecule has 0 aliphatic heterocycles. The van der Waals surface area contributed by atoms with Crippen molar-refractivity contribution in [1.82, 2.24) is 5.32 Å². The number of amides is 1. The lowest BCUT2D eigenvalue weighted by Crippen LogP contribution is -2.23. The highest BCUT2D eigenvalue weighted by atomic mass is 32.1. The van der Waals surface area contributed by atoms with Crippen LogP contribution in [-0.2, 0) is 6.61 Å². The fourth-order valence-electron chi connectivity index (χ4n) is 2.16. The number of carbonyl (C=O) groups excluding carboxylic acids is 1. The Morgan fingerprint density at radius 3 is 2.82 bits per heavy atom. The van der Waals surface area contributed by atoms with Crippen molar-refractivity contribution in [3.05, 3.63) is 51.2 Å². The number of thiophene rings is 1.